The third-order valence-corrected chi connectivity index (χ3v) is 4.58. The second kappa shape index (κ2) is 12.1. The molecule has 0 saturated carbocycles. The number of esters is 1. The van der Waals surface area contributed by atoms with Gasteiger partial charge in [-0.1, -0.05) is 54.6 Å². The van der Waals surface area contributed by atoms with Crippen molar-refractivity contribution < 1.29 is 24.2 Å². The van der Waals surface area contributed by atoms with Crippen molar-refractivity contribution in [2.24, 2.45) is 0 Å². The molecule has 28 heavy (non-hydrogen) atoms. The molecular formula is C22H29NO5. The number of aliphatic hydroxyl groups is 1. The molecule has 2 atom stereocenters. The third-order valence-electron chi connectivity index (χ3n) is 4.58. The standard InChI is InChI=1S/C22H29NO5/c1-27-22(26)17-28-15-6-5-14-23-19(10-7-11-21(23)25)12-13-20(24)16-18-8-3-2-4-9-18/h2-6,8-9,12-13,19-20,24H,7,10-11,14-17H2,1H3/t19-,20?/m1/s1. The molecule has 0 radical (unpaired) electrons. The van der Waals surface area contributed by atoms with Crippen LogP contribution in [0.4, 0.5) is 0 Å². The Balaban J connectivity index is 1.83. The first-order chi connectivity index (χ1) is 13.6. The highest BCUT2D eigenvalue weighted by molar-refractivity contribution is 5.77. The van der Waals surface area contributed by atoms with E-state index < -0.39 is 12.1 Å². The summed E-state index contributed by atoms with van der Waals surface area (Å²) in [4.78, 5) is 25.1. The van der Waals surface area contributed by atoms with E-state index in [4.69, 9.17) is 4.74 Å². The molecule has 0 bridgehead atoms. The fourth-order valence-corrected chi connectivity index (χ4v) is 3.09. The van der Waals surface area contributed by atoms with Gasteiger partial charge in [0.15, 0.2) is 0 Å². The van der Waals surface area contributed by atoms with Gasteiger partial charge in [0, 0.05) is 19.4 Å². The van der Waals surface area contributed by atoms with E-state index in [0.29, 0.717) is 19.4 Å². The summed E-state index contributed by atoms with van der Waals surface area (Å²) in [5, 5.41) is 10.3. The molecule has 0 aliphatic carbocycles. The SMILES string of the molecule is COC(=O)COCC=CCN1C(=O)CCC[C@@H]1C=CC(O)Cc1ccccc1. The summed E-state index contributed by atoms with van der Waals surface area (Å²) in [5.41, 5.74) is 1.08. The number of amides is 1. The molecule has 1 fully saturated rings. The molecule has 2 rings (SSSR count). The molecule has 0 spiro atoms. The van der Waals surface area contributed by atoms with Crippen LogP contribution in [0.1, 0.15) is 24.8 Å². The zero-order valence-electron chi connectivity index (χ0n) is 16.3. The predicted octanol–water partition coefficient (Wildman–Crippen LogP) is 2.27. The van der Waals surface area contributed by atoms with Crippen LogP contribution < -0.4 is 0 Å². The van der Waals surface area contributed by atoms with E-state index in [1.807, 2.05) is 47.4 Å². The van der Waals surface area contributed by atoms with Crippen molar-refractivity contribution in [2.45, 2.75) is 37.8 Å². The number of piperidine rings is 1. The molecule has 1 aliphatic heterocycles. The van der Waals surface area contributed by atoms with Crippen molar-refractivity contribution in [1.82, 2.24) is 4.90 Å². The maximum absolute atomic E-state index is 12.3. The first kappa shape index (κ1) is 21.9. The minimum absolute atomic E-state index is 0.0210. The van der Waals surface area contributed by atoms with Crippen molar-refractivity contribution in [3.63, 3.8) is 0 Å². The summed E-state index contributed by atoms with van der Waals surface area (Å²) >= 11 is 0. The molecule has 1 heterocycles. The first-order valence-electron chi connectivity index (χ1n) is 9.59. The fourth-order valence-electron chi connectivity index (χ4n) is 3.09. The predicted molar refractivity (Wildman–Crippen MR) is 107 cm³/mol. The smallest absolute Gasteiger partial charge is 0.331 e. The zero-order valence-corrected chi connectivity index (χ0v) is 16.3. The van der Waals surface area contributed by atoms with Crippen LogP contribution in [0.3, 0.4) is 0 Å². The van der Waals surface area contributed by atoms with E-state index in [0.717, 1.165) is 18.4 Å². The first-order valence-corrected chi connectivity index (χ1v) is 9.59. The Kier molecular flexibility index (Phi) is 9.45. The summed E-state index contributed by atoms with van der Waals surface area (Å²) < 4.78 is 9.65. The number of aliphatic hydroxyl groups excluding tert-OH is 1. The van der Waals surface area contributed by atoms with E-state index in [1.54, 1.807) is 12.2 Å². The fraction of sp³-hybridized carbons (Fsp3) is 0.455. The van der Waals surface area contributed by atoms with Crippen molar-refractivity contribution in [3.8, 4) is 0 Å². The lowest BCUT2D eigenvalue weighted by molar-refractivity contribution is -0.145. The minimum Gasteiger partial charge on any atom is -0.467 e. The van der Waals surface area contributed by atoms with Crippen molar-refractivity contribution in [1.29, 1.82) is 0 Å². The molecule has 152 valence electrons. The number of rotatable bonds is 10. The number of carbonyl (C=O) groups excluding carboxylic acids is 2. The number of likely N-dealkylation sites (tertiary alicyclic amines) is 1. The van der Waals surface area contributed by atoms with Crippen molar-refractivity contribution >= 4 is 11.9 Å². The maximum atomic E-state index is 12.3. The lowest BCUT2D eigenvalue weighted by atomic mass is 9.99. The molecule has 1 aliphatic rings. The molecule has 0 aromatic heterocycles. The Morgan fingerprint density at radius 2 is 2.11 bits per heavy atom. The summed E-state index contributed by atoms with van der Waals surface area (Å²) in [6.45, 7) is 0.672. The molecule has 1 saturated heterocycles. The molecule has 1 N–H and O–H groups in total. The molecule has 1 aromatic rings. The normalized spacial score (nSPS) is 18.7. The van der Waals surface area contributed by atoms with Crippen LogP contribution in [0, 0.1) is 0 Å². The van der Waals surface area contributed by atoms with Gasteiger partial charge in [-0.15, -0.1) is 0 Å². The van der Waals surface area contributed by atoms with Crippen LogP contribution in [0.5, 0.6) is 0 Å². The molecule has 1 aromatic carbocycles. The lowest BCUT2D eigenvalue weighted by Crippen LogP contribution is -2.42. The van der Waals surface area contributed by atoms with Crippen LogP contribution in [0.15, 0.2) is 54.6 Å². The van der Waals surface area contributed by atoms with Crippen LogP contribution >= 0.6 is 0 Å². The number of benzene rings is 1. The van der Waals surface area contributed by atoms with Gasteiger partial charge in [0.1, 0.15) is 6.61 Å². The Morgan fingerprint density at radius 3 is 2.86 bits per heavy atom. The maximum Gasteiger partial charge on any atom is 0.331 e. The van der Waals surface area contributed by atoms with Crippen molar-refractivity contribution in [3.05, 3.63) is 60.2 Å². The summed E-state index contributed by atoms with van der Waals surface area (Å²) in [5.74, 6) is -0.308. The van der Waals surface area contributed by atoms with E-state index in [1.165, 1.54) is 7.11 Å². The number of carbonyl (C=O) groups is 2. The highest BCUT2D eigenvalue weighted by Gasteiger charge is 2.25. The second-order valence-electron chi connectivity index (χ2n) is 6.71. The van der Waals surface area contributed by atoms with Gasteiger partial charge in [0.2, 0.25) is 5.91 Å². The second-order valence-corrected chi connectivity index (χ2v) is 6.71. The van der Waals surface area contributed by atoms with E-state index >= 15 is 0 Å². The molecule has 6 nitrogen and oxygen atoms in total. The minimum atomic E-state index is -0.580. The van der Waals surface area contributed by atoms with Gasteiger partial charge in [-0.25, -0.2) is 4.79 Å². The topological polar surface area (TPSA) is 76.1 Å². The Morgan fingerprint density at radius 1 is 1.32 bits per heavy atom. The van der Waals surface area contributed by atoms with Gasteiger partial charge in [-0.3, -0.25) is 4.79 Å². The van der Waals surface area contributed by atoms with E-state index in [2.05, 4.69) is 4.74 Å². The van der Waals surface area contributed by atoms with Gasteiger partial charge >= 0.3 is 5.97 Å². The third kappa shape index (κ3) is 7.66. The van der Waals surface area contributed by atoms with E-state index in [9.17, 15) is 14.7 Å². The highest BCUT2D eigenvalue weighted by atomic mass is 16.6. The monoisotopic (exact) mass is 387 g/mol. The molecule has 1 unspecified atom stereocenters. The summed E-state index contributed by atoms with van der Waals surface area (Å²) in [6.07, 6.45) is 9.62. The number of hydrogen-bond acceptors (Lipinski definition) is 5. The Hall–Kier alpha value is -2.44. The van der Waals surface area contributed by atoms with Gasteiger partial charge < -0.3 is 19.5 Å². The molecule has 6 heteroatoms. The molecule has 1 amide bonds. The molecular weight excluding hydrogens is 358 g/mol. The van der Waals surface area contributed by atoms with Gasteiger partial charge in [-0.05, 0) is 18.4 Å². The van der Waals surface area contributed by atoms with Crippen LogP contribution in [-0.2, 0) is 25.5 Å². The number of nitrogens with zero attached hydrogens (tertiary/aromatic N) is 1. The average Bonchev–Trinajstić information content (AvgIpc) is 2.70. The van der Waals surface area contributed by atoms with Crippen molar-refractivity contribution in [2.75, 3.05) is 26.9 Å². The number of hydrogen-bond donors (Lipinski definition) is 1. The Labute approximate surface area is 166 Å². The van der Waals surface area contributed by atoms with Crippen LogP contribution in [0.25, 0.3) is 0 Å². The lowest BCUT2D eigenvalue weighted by Gasteiger charge is -2.33. The largest absolute Gasteiger partial charge is 0.467 e. The quantitative estimate of drug-likeness (QED) is 0.379. The summed E-state index contributed by atoms with van der Waals surface area (Å²) in [7, 11) is 1.31. The van der Waals surface area contributed by atoms with E-state index in [-0.39, 0.29) is 25.2 Å². The average molecular weight is 387 g/mol. The van der Waals surface area contributed by atoms with Crippen LogP contribution in [0.2, 0.25) is 0 Å². The van der Waals surface area contributed by atoms with Crippen LogP contribution in [-0.4, -0.2) is 60.9 Å². The van der Waals surface area contributed by atoms with Gasteiger partial charge in [-0.2, -0.15) is 0 Å². The van der Waals surface area contributed by atoms with Gasteiger partial charge in [0.05, 0.1) is 25.9 Å². The highest BCUT2D eigenvalue weighted by Crippen LogP contribution is 2.19. The number of ether oxygens (including phenoxy) is 2. The number of methoxy groups -OCH3 is 1. The summed E-state index contributed by atoms with van der Waals surface area (Å²) in [6, 6.07) is 9.81. The van der Waals surface area contributed by atoms with Gasteiger partial charge in [0.25, 0.3) is 0 Å². The zero-order chi connectivity index (χ0) is 20.2. The Bertz CT molecular complexity index is 671.